The van der Waals surface area contributed by atoms with E-state index < -0.39 is 5.60 Å². The quantitative estimate of drug-likeness (QED) is 0.922. The van der Waals surface area contributed by atoms with Crippen molar-refractivity contribution in [3.05, 3.63) is 18.2 Å². The molecule has 5 heteroatoms. The Hall–Kier alpha value is -1.52. The molecule has 112 valence electrons. The number of aromatic nitrogens is 2. The van der Waals surface area contributed by atoms with Crippen LogP contribution in [0.15, 0.2) is 12.5 Å². The van der Waals surface area contributed by atoms with E-state index in [1.54, 1.807) is 0 Å². The third-order valence-corrected chi connectivity index (χ3v) is 3.62. The van der Waals surface area contributed by atoms with Crippen LogP contribution in [0.1, 0.15) is 65.2 Å². The van der Waals surface area contributed by atoms with E-state index >= 15 is 0 Å². The van der Waals surface area contributed by atoms with Gasteiger partial charge in [-0.25, -0.2) is 9.78 Å². The fraction of sp³-hybridized carbons (Fsp3) is 0.733. The molecule has 0 aromatic carbocycles. The summed E-state index contributed by atoms with van der Waals surface area (Å²) in [6.45, 7) is 9.79. The molecule has 1 aromatic rings. The van der Waals surface area contributed by atoms with E-state index in [2.05, 4.69) is 21.8 Å². The van der Waals surface area contributed by atoms with E-state index in [1.165, 1.54) is 12.8 Å². The molecule has 0 aliphatic heterocycles. The molecule has 1 unspecified atom stereocenters. The molecule has 0 radical (unpaired) electrons. The van der Waals surface area contributed by atoms with Gasteiger partial charge in [-0.3, -0.25) is 0 Å². The van der Waals surface area contributed by atoms with Gasteiger partial charge in [0.2, 0.25) is 0 Å². The third kappa shape index (κ3) is 3.52. The number of carbonyl (C=O) groups is 1. The Bertz CT molecular complexity index is 470. The van der Waals surface area contributed by atoms with Crippen LogP contribution in [0.25, 0.3) is 0 Å². The van der Waals surface area contributed by atoms with Gasteiger partial charge in [-0.1, -0.05) is 6.92 Å². The smallest absolute Gasteiger partial charge is 0.408 e. The average molecular weight is 279 g/mol. The number of nitrogens with zero attached hydrogens (tertiary/aromatic N) is 2. The predicted molar refractivity (Wildman–Crippen MR) is 77.4 cm³/mol. The Labute approximate surface area is 120 Å². The summed E-state index contributed by atoms with van der Waals surface area (Å²) in [6, 6.07) is 0.411. The van der Waals surface area contributed by atoms with E-state index in [-0.39, 0.29) is 12.1 Å². The topological polar surface area (TPSA) is 56.2 Å². The van der Waals surface area contributed by atoms with E-state index in [4.69, 9.17) is 4.74 Å². The molecule has 1 fully saturated rings. The molecule has 0 saturated heterocycles. The van der Waals surface area contributed by atoms with Crippen LogP contribution in [-0.4, -0.2) is 21.2 Å². The first-order valence-electron chi connectivity index (χ1n) is 7.27. The predicted octanol–water partition coefficient (Wildman–Crippen LogP) is 3.44. The van der Waals surface area contributed by atoms with Gasteiger partial charge in [0.1, 0.15) is 5.60 Å². The van der Waals surface area contributed by atoms with Crippen molar-refractivity contribution >= 4 is 6.09 Å². The highest BCUT2D eigenvalue weighted by atomic mass is 16.6. The maximum absolute atomic E-state index is 11.8. The fourth-order valence-electron chi connectivity index (χ4n) is 2.60. The van der Waals surface area contributed by atoms with Crippen LogP contribution in [-0.2, 0) is 4.74 Å². The Morgan fingerprint density at radius 1 is 1.50 bits per heavy atom. The largest absolute Gasteiger partial charge is 0.444 e. The molecule has 0 bridgehead atoms. The van der Waals surface area contributed by atoms with Crippen molar-refractivity contribution in [2.75, 3.05) is 0 Å². The van der Waals surface area contributed by atoms with Crippen molar-refractivity contribution in [3.8, 4) is 0 Å². The number of imidazole rings is 1. The third-order valence-electron chi connectivity index (χ3n) is 3.62. The number of nitrogens with one attached hydrogen (secondary N) is 1. The standard InChI is InChI=1S/C15H25N3O2/c1-10-6-12(7-10)18-9-16-8-13(18)11(2)17-14(19)20-15(3,4)5/h8-12H,6-7H2,1-5H3,(H,17,19). The van der Waals surface area contributed by atoms with Crippen molar-refractivity contribution in [1.29, 1.82) is 0 Å². The Morgan fingerprint density at radius 3 is 2.70 bits per heavy atom. The highest BCUT2D eigenvalue weighted by Crippen LogP contribution is 2.38. The molecule has 1 heterocycles. The van der Waals surface area contributed by atoms with Crippen LogP contribution in [0.4, 0.5) is 4.79 Å². The summed E-state index contributed by atoms with van der Waals surface area (Å²) in [6.07, 6.45) is 5.66. The molecule has 1 aliphatic rings. The Balaban J connectivity index is 1.98. The SMILES string of the molecule is CC1CC(n2cncc2C(C)NC(=O)OC(C)(C)C)C1. The lowest BCUT2D eigenvalue weighted by molar-refractivity contribution is 0.0504. The zero-order chi connectivity index (χ0) is 14.9. The van der Waals surface area contributed by atoms with Crippen molar-refractivity contribution in [1.82, 2.24) is 14.9 Å². The lowest BCUT2D eigenvalue weighted by Crippen LogP contribution is -2.35. The van der Waals surface area contributed by atoms with Gasteiger partial charge < -0.3 is 14.6 Å². The Morgan fingerprint density at radius 2 is 2.15 bits per heavy atom. The average Bonchev–Trinajstić information content (AvgIpc) is 2.70. The van der Waals surface area contributed by atoms with Gasteiger partial charge in [0, 0.05) is 6.04 Å². The van der Waals surface area contributed by atoms with E-state index in [0.717, 1.165) is 11.6 Å². The molecular weight excluding hydrogens is 254 g/mol. The summed E-state index contributed by atoms with van der Waals surface area (Å²) in [5, 5.41) is 2.87. The van der Waals surface area contributed by atoms with Gasteiger partial charge in [-0.15, -0.1) is 0 Å². The molecule has 20 heavy (non-hydrogen) atoms. The lowest BCUT2D eigenvalue weighted by Gasteiger charge is -2.35. The summed E-state index contributed by atoms with van der Waals surface area (Å²) in [5.41, 5.74) is 0.556. The number of hydrogen-bond acceptors (Lipinski definition) is 3. The number of ether oxygens (including phenoxy) is 1. The van der Waals surface area contributed by atoms with Gasteiger partial charge in [-0.2, -0.15) is 0 Å². The normalized spacial score (nSPS) is 23.9. The van der Waals surface area contributed by atoms with Gasteiger partial charge in [-0.05, 0) is 46.5 Å². The van der Waals surface area contributed by atoms with Crippen LogP contribution < -0.4 is 5.32 Å². The van der Waals surface area contributed by atoms with Crippen molar-refractivity contribution < 1.29 is 9.53 Å². The summed E-state index contributed by atoms with van der Waals surface area (Å²) in [5.74, 6) is 0.782. The number of hydrogen-bond donors (Lipinski definition) is 1. The van der Waals surface area contributed by atoms with Crippen molar-refractivity contribution in [2.45, 2.75) is 65.1 Å². The van der Waals surface area contributed by atoms with Gasteiger partial charge >= 0.3 is 6.09 Å². The molecule has 1 atom stereocenters. The minimum Gasteiger partial charge on any atom is -0.444 e. The van der Waals surface area contributed by atoms with Crippen LogP contribution in [0.5, 0.6) is 0 Å². The molecule has 1 amide bonds. The molecule has 1 N–H and O–H groups in total. The number of amides is 1. The molecular formula is C15H25N3O2. The summed E-state index contributed by atoms with van der Waals surface area (Å²) in [7, 11) is 0. The number of alkyl carbamates (subject to hydrolysis) is 1. The second-order valence-corrected chi connectivity index (χ2v) is 6.82. The van der Waals surface area contributed by atoms with Crippen LogP contribution in [0.3, 0.4) is 0 Å². The molecule has 2 rings (SSSR count). The van der Waals surface area contributed by atoms with Gasteiger partial charge in [0.25, 0.3) is 0 Å². The number of rotatable bonds is 3. The maximum atomic E-state index is 11.8. The zero-order valence-corrected chi connectivity index (χ0v) is 13.0. The summed E-state index contributed by atoms with van der Waals surface area (Å²) < 4.78 is 7.47. The molecule has 0 spiro atoms. The van der Waals surface area contributed by atoms with Crippen molar-refractivity contribution in [3.63, 3.8) is 0 Å². The first kappa shape index (κ1) is 14.9. The van der Waals surface area contributed by atoms with Gasteiger partial charge in [0.15, 0.2) is 0 Å². The van der Waals surface area contributed by atoms with E-state index in [1.807, 2.05) is 40.2 Å². The highest BCUT2D eigenvalue weighted by Gasteiger charge is 2.29. The van der Waals surface area contributed by atoms with Crippen LogP contribution in [0, 0.1) is 5.92 Å². The minimum absolute atomic E-state index is 0.108. The monoisotopic (exact) mass is 279 g/mol. The molecule has 1 aromatic heterocycles. The van der Waals surface area contributed by atoms with Gasteiger partial charge in [0.05, 0.1) is 24.3 Å². The minimum atomic E-state index is -0.479. The first-order valence-corrected chi connectivity index (χ1v) is 7.27. The summed E-state index contributed by atoms with van der Waals surface area (Å²) >= 11 is 0. The highest BCUT2D eigenvalue weighted by molar-refractivity contribution is 5.68. The van der Waals surface area contributed by atoms with E-state index in [9.17, 15) is 4.79 Å². The fourth-order valence-corrected chi connectivity index (χ4v) is 2.60. The Kier molecular flexibility index (Phi) is 4.06. The summed E-state index contributed by atoms with van der Waals surface area (Å²) in [4.78, 5) is 16.0. The number of carbonyl (C=O) groups excluding carboxylic acids is 1. The van der Waals surface area contributed by atoms with Crippen LogP contribution in [0.2, 0.25) is 0 Å². The van der Waals surface area contributed by atoms with E-state index in [0.29, 0.717) is 6.04 Å². The lowest BCUT2D eigenvalue weighted by atomic mass is 9.81. The molecule has 5 nitrogen and oxygen atoms in total. The van der Waals surface area contributed by atoms with Crippen molar-refractivity contribution in [2.24, 2.45) is 5.92 Å². The second kappa shape index (κ2) is 5.46. The molecule has 1 aliphatic carbocycles. The zero-order valence-electron chi connectivity index (χ0n) is 13.0. The van der Waals surface area contributed by atoms with Crippen LogP contribution >= 0.6 is 0 Å². The first-order chi connectivity index (χ1) is 9.26. The molecule has 1 saturated carbocycles. The second-order valence-electron chi connectivity index (χ2n) is 6.82. The maximum Gasteiger partial charge on any atom is 0.408 e.